The third-order valence-electron chi connectivity index (χ3n) is 2.76. The van der Waals surface area contributed by atoms with E-state index in [0.29, 0.717) is 11.6 Å². The number of H-pyrrole nitrogens is 1. The molecule has 3 nitrogen and oxygen atoms in total. The second-order valence-corrected chi connectivity index (χ2v) is 4.15. The van der Waals surface area contributed by atoms with E-state index in [1.54, 1.807) is 7.11 Å². The first-order valence-electron chi connectivity index (χ1n) is 5.32. The molecule has 1 N–H and O–H groups in total. The van der Waals surface area contributed by atoms with Crippen LogP contribution in [0.15, 0.2) is 18.2 Å². The molecular formula is C13H15NO2. The summed E-state index contributed by atoms with van der Waals surface area (Å²) in [5, 5.41) is 0.968. The third kappa shape index (κ3) is 1.58. The van der Waals surface area contributed by atoms with Gasteiger partial charge in [0.05, 0.1) is 12.8 Å². The van der Waals surface area contributed by atoms with Gasteiger partial charge in [0.15, 0.2) is 6.29 Å². The molecule has 0 aliphatic heterocycles. The van der Waals surface area contributed by atoms with Crippen molar-refractivity contribution in [1.82, 2.24) is 4.98 Å². The average molecular weight is 217 g/mol. The number of fused-ring (bicyclic) bond motifs is 1. The summed E-state index contributed by atoms with van der Waals surface area (Å²) in [6, 6.07) is 5.85. The van der Waals surface area contributed by atoms with E-state index in [1.165, 1.54) is 0 Å². The van der Waals surface area contributed by atoms with Crippen molar-refractivity contribution in [3.05, 3.63) is 29.5 Å². The third-order valence-corrected chi connectivity index (χ3v) is 2.76. The molecule has 0 saturated carbocycles. The molecule has 84 valence electrons. The predicted molar refractivity (Wildman–Crippen MR) is 64.3 cm³/mol. The van der Waals surface area contributed by atoms with Crippen LogP contribution >= 0.6 is 0 Å². The van der Waals surface area contributed by atoms with E-state index in [4.69, 9.17) is 4.74 Å². The smallest absolute Gasteiger partial charge is 0.166 e. The average Bonchev–Trinajstić information content (AvgIpc) is 2.69. The van der Waals surface area contributed by atoms with Crippen LogP contribution in [-0.4, -0.2) is 18.4 Å². The van der Waals surface area contributed by atoms with Gasteiger partial charge in [0.1, 0.15) is 5.75 Å². The van der Waals surface area contributed by atoms with Crippen molar-refractivity contribution in [2.75, 3.05) is 7.11 Å². The number of hydrogen-bond donors (Lipinski definition) is 1. The largest absolute Gasteiger partial charge is 0.496 e. The van der Waals surface area contributed by atoms with Crippen molar-refractivity contribution >= 4 is 17.2 Å². The number of methoxy groups -OCH3 is 1. The predicted octanol–water partition coefficient (Wildman–Crippen LogP) is 3.11. The van der Waals surface area contributed by atoms with Crippen molar-refractivity contribution < 1.29 is 9.53 Å². The maximum absolute atomic E-state index is 10.7. The van der Waals surface area contributed by atoms with E-state index in [0.717, 1.165) is 28.5 Å². The van der Waals surface area contributed by atoms with Crippen LogP contribution in [0.3, 0.4) is 0 Å². The lowest BCUT2D eigenvalue weighted by molar-refractivity contribution is 0.112. The minimum absolute atomic E-state index is 0.397. The normalized spacial score (nSPS) is 11.0. The Morgan fingerprint density at radius 1 is 1.38 bits per heavy atom. The van der Waals surface area contributed by atoms with E-state index in [2.05, 4.69) is 18.8 Å². The number of carbonyl (C=O) groups excluding carboxylic acids is 1. The van der Waals surface area contributed by atoms with Crippen LogP contribution in [0.4, 0.5) is 0 Å². The van der Waals surface area contributed by atoms with Crippen molar-refractivity contribution in [1.29, 1.82) is 0 Å². The van der Waals surface area contributed by atoms with Crippen LogP contribution in [0, 0.1) is 0 Å². The van der Waals surface area contributed by atoms with Gasteiger partial charge in [-0.25, -0.2) is 0 Å². The van der Waals surface area contributed by atoms with Crippen molar-refractivity contribution in [2.45, 2.75) is 19.8 Å². The van der Waals surface area contributed by atoms with Crippen LogP contribution in [0.2, 0.25) is 0 Å². The summed E-state index contributed by atoms with van der Waals surface area (Å²) in [5.41, 5.74) is 2.67. The van der Waals surface area contributed by atoms with Crippen LogP contribution in [0.25, 0.3) is 10.9 Å². The van der Waals surface area contributed by atoms with E-state index < -0.39 is 0 Å². The molecular weight excluding hydrogens is 202 g/mol. The van der Waals surface area contributed by atoms with Gasteiger partial charge in [-0.2, -0.15) is 0 Å². The molecule has 2 rings (SSSR count). The first kappa shape index (κ1) is 10.7. The fraction of sp³-hybridized carbons (Fsp3) is 0.308. The van der Waals surface area contributed by atoms with E-state index in [1.807, 2.05) is 18.2 Å². The minimum atomic E-state index is 0.397. The highest BCUT2D eigenvalue weighted by Crippen LogP contribution is 2.34. The first-order chi connectivity index (χ1) is 7.67. The van der Waals surface area contributed by atoms with Gasteiger partial charge in [-0.05, 0) is 23.6 Å². The van der Waals surface area contributed by atoms with Crippen molar-refractivity contribution in [3.63, 3.8) is 0 Å². The van der Waals surface area contributed by atoms with Crippen molar-refractivity contribution in [3.8, 4) is 5.75 Å². The Balaban J connectivity index is 2.73. The Morgan fingerprint density at radius 2 is 2.12 bits per heavy atom. The van der Waals surface area contributed by atoms with Gasteiger partial charge in [-0.1, -0.05) is 19.9 Å². The molecule has 1 aromatic heterocycles. The first-order valence-corrected chi connectivity index (χ1v) is 5.32. The Hall–Kier alpha value is -1.77. The van der Waals surface area contributed by atoms with Crippen LogP contribution in [-0.2, 0) is 0 Å². The number of aromatic nitrogens is 1. The molecule has 0 amide bonds. The molecule has 3 heteroatoms. The van der Waals surface area contributed by atoms with Gasteiger partial charge in [0.25, 0.3) is 0 Å². The summed E-state index contributed by atoms with van der Waals surface area (Å²) in [4.78, 5) is 13.8. The lowest BCUT2D eigenvalue weighted by Gasteiger charge is -2.12. The quantitative estimate of drug-likeness (QED) is 0.802. The molecule has 2 aromatic rings. The zero-order chi connectivity index (χ0) is 11.7. The number of aldehydes is 1. The van der Waals surface area contributed by atoms with Gasteiger partial charge in [0, 0.05) is 10.9 Å². The minimum Gasteiger partial charge on any atom is -0.496 e. The highest BCUT2D eigenvalue weighted by molar-refractivity contribution is 5.93. The fourth-order valence-electron chi connectivity index (χ4n) is 1.96. The Kier molecular flexibility index (Phi) is 2.69. The van der Waals surface area contributed by atoms with Crippen LogP contribution in [0.1, 0.15) is 35.8 Å². The molecule has 0 bridgehead atoms. The number of carbonyl (C=O) groups is 1. The lowest BCUT2D eigenvalue weighted by atomic mass is 10.00. The van der Waals surface area contributed by atoms with Crippen molar-refractivity contribution in [2.24, 2.45) is 0 Å². The summed E-state index contributed by atoms with van der Waals surface area (Å²) in [6.07, 6.45) is 0.814. The summed E-state index contributed by atoms with van der Waals surface area (Å²) < 4.78 is 5.44. The monoisotopic (exact) mass is 217 g/mol. The topological polar surface area (TPSA) is 42.1 Å². The maximum atomic E-state index is 10.7. The number of hydrogen-bond acceptors (Lipinski definition) is 2. The molecule has 0 aliphatic rings. The summed E-state index contributed by atoms with van der Waals surface area (Å²) in [6.45, 7) is 4.24. The standard InChI is InChI=1S/C13H15NO2/c1-8(2)10-4-5-12-11(13(10)16-3)6-9(7-15)14-12/h4-8,14H,1-3H3. The number of aromatic amines is 1. The van der Waals surface area contributed by atoms with E-state index in [-0.39, 0.29) is 0 Å². The Morgan fingerprint density at radius 3 is 2.69 bits per heavy atom. The van der Waals surface area contributed by atoms with Crippen LogP contribution in [0.5, 0.6) is 5.75 Å². The molecule has 0 saturated heterocycles. The Bertz CT molecular complexity index is 526. The molecule has 0 radical (unpaired) electrons. The van der Waals surface area contributed by atoms with E-state index >= 15 is 0 Å². The lowest BCUT2D eigenvalue weighted by Crippen LogP contribution is -1.94. The molecule has 1 heterocycles. The second kappa shape index (κ2) is 4.00. The molecule has 1 aromatic carbocycles. The molecule has 16 heavy (non-hydrogen) atoms. The second-order valence-electron chi connectivity index (χ2n) is 4.15. The zero-order valence-corrected chi connectivity index (χ0v) is 9.70. The molecule has 0 unspecified atom stereocenters. The highest BCUT2D eigenvalue weighted by Gasteiger charge is 2.12. The Labute approximate surface area is 94.4 Å². The van der Waals surface area contributed by atoms with Crippen LogP contribution < -0.4 is 4.74 Å². The summed E-state index contributed by atoms with van der Waals surface area (Å²) in [7, 11) is 1.66. The van der Waals surface area contributed by atoms with E-state index in [9.17, 15) is 4.79 Å². The summed E-state index contributed by atoms with van der Waals surface area (Å²) >= 11 is 0. The van der Waals surface area contributed by atoms with Gasteiger partial charge >= 0.3 is 0 Å². The van der Waals surface area contributed by atoms with Gasteiger partial charge < -0.3 is 9.72 Å². The highest BCUT2D eigenvalue weighted by atomic mass is 16.5. The van der Waals surface area contributed by atoms with Gasteiger partial charge in [-0.3, -0.25) is 4.79 Å². The number of nitrogens with one attached hydrogen (secondary N) is 1. The number of rotatable bonds is 3. The number of ether oxygens (including phenoxy) is 1. The summed E-state index contributed by atoms with van der Waals surface area (Å²) in [5.74, 6) is 1.26. The zero-order valence-electron chi connectivity index (χ0n) is 9.70. The van der Waals surface area contributed by atoms with Gasteiger partial charge in [0.2, 0.25) is 0 Å². The fourth-order valence-corrected chi connectivity index (χ4v) is 1.96. The molecule has 0 fully saturated rings. The number of benzene rings is 1. The maximum Gasteiger partial charge on any atom is 0.166 e. The van der Waals surface area contributed by atoms with Gasteiger partial charge in [-0.15, -0.1) is 0 Å². The molecule has 0 atom stereocenters. The SMILES string of the molecule is COc1c(C(C)C)ccc2[nH]c(C=O)cc12. The molecule has 0 spiro atoms. The molecule has 0 aliphatic carbocycles.